The maximum absolute atomic E-state index is 13.7. The van der Waals surface area contributed by atoms with Crippen LogP contribution in [0, 0.1) is 0 Å². The lowest BCUT2D eigenvalue weighted by molar-refractivity contribution is 0.230. The topological polar surface area (TPSA) is 35.5 Å². The van der Waals surface area contributed by atoms with Gasteiger partial charge in [0, 0.05) is 0 Å². The van der Waals surface area contributed by atoms with Crippen molar-refractivity contribution in [3.63, 3.8) is 0 Å². The lowest BCUT2D eigenvalue weighted by atomic mass is 9.82. The SMILES string of the molecule is CCOP(=O)(OCC)c1ccccc1-c1c(C(C)C)cc(C(C)C)cc1C(C)C. The van der Waals surface area contributed by atoms with Crippen LogP contribution in [0.4, 0.5) is 0 Å². The first-order valence-corrected chi connectivity index (χ1v) is 12.4. The summed E-state index contributed by atoms with van der Waals surface area (Å²) in [6.45, 7) is 17.7. The van der Waals surface area contributed by atoms with E-state index in [1.54, 1.807) is 0 Å². The molecule has 0 aliphatic carbocycles. The van der Waals surface area contributed by atoms with Crippen molar-refractivity contribution in [3.8, 4) is 11.1 Å². The van der Waals surface area contributed by atoms with Gasteiger partial charge in [-0.1, -0.05) is 71.9 Å². The highest BCUT2D eigenvalue weighted by Crippen LogP contribution is 2.50. The molecule has 2 aromatic rings. The fourth-order valence-corrected chi connectivity index (χ4v) is 5.49. The van der Waals surface area contributed by atoms with Crippen molar-refractivity contribution >= 4 is 12.9 Å². The molecular weight excluding hydrogens is 379 g/mol. The van der Waals surface area contributed by atoms with Crippen LogP contribution in [0.5, 0.6) is 0 Å². The first kappa shape index (κ1) is 23.9. The molecule has 0 N–H and O–H groups in total. The molecule has 0 saturated heterocycles. The summed E-state index contributed by atoms with van der Waals surface area (Å²) >= 11 is 0. The number of hydrogen-bond acceptors (Lipinski definition) is 3. The van der Waals surface area contributed by atoms with Crippen LogP contribution >= 0.6 is 7.60 Å². The fourth-order valence-electron chi connectivity index (χ4n) is 3.71. The molecule has 2 aromatic carbocycles. The standard InChI is InChI=1S/C25H37O3P/c1-9-27-29(26,28-10-2)24-14-12-11-13-21(24)25-22(18(5)6)15-20(17(3)4)16-23(25)19(7)8/h11-19H,9-10H2,1-8H3. The smallest absolute Gasteiger partial charge is 0.305 e. The molecule has 0 aliphatic heterocycles. The van der Waals surface area contributed by atoms with E-state index in [1.165, 1.54) is 22.3 Å². The van der Waals surface area contributed by atoms with Crippen LogP contribution in [0.25, 0.3) is 11.1 Å². The molecule has 0 bridgehead atoms. The second kappa shape index (κ2) is 10.1. The minimum Gasteiger partial charge on any atom is -0.305 e. The molecule has 0 amide bonds. The number of benzene rings is 2. The zero-order valence-corrected chi connectivity index (χ0v) is 20.2. The van der Waals surface area contributed by atoms with Crippen LogP contribution in [0.15, 0.2) is 36.4 Å². The average Bonchev–Trinajstić information content (AvgIpc) is 2.67. The lowest BCUT2D eigenvalue weighted by Crippen LogP contribution is -2.15. The third kappa shape index (κ3) is 5.20. The van der Waals surface area contributed by atoms with Crippen molar-refractivity contribution in [3.05, 3.63) is 53.1 Å². The molecule has 0 heterocycles. The van der Waals surface area contributed by atoms with E-state index in [-0.39, 0.29) is 0 Å². The molecule has 0 fully saturated rings. The third-order valence-corrected chi connectivity index (χ3v) is 7.38. The molecule has 3 nitrogen and oxygen atoms in total. The zero-order valence-electron chi connectivity index (χ0n) is 19.3. The second-order valence-corrected chi connectivity index (χ2v) is 10.4. The van der Waals surface area contributed by atoms with Crippen molar-refractivity contribution in [2.24, 2.45) is 0 Å². The van der Waals surface area contributed by atoms with Crippen LogP contribution in [0.3, 0.4) is 0 Å². The molecule has 0 aromatic heterocycles. The first-order chi connectivity index (χ1) is 13.7. The summed E-state index contributed by atoms with van der Waals surface area (Å²) in [4.78, 5) is 0. The van der Waals surface area contributed by atoms with Gasteiger partial charge in [-0.3, -0.25) is 4.57 Å². The van der Waals surface area contributed by atoms with E-state index in [0.29, 0.717) is 36.3 Å². The zero-order chi connectivity index (χ0) is 21.8. The summed E-state index contributed by atoms with van der Waals surface area (Å²) in [6, 6.07) is 12.5. The van der Waals surface area contributed by atoms with E-state index >= 15 is 0 Å². The Labute approximate surface area is 177 Å². The van der Waals surface area contributed by atoms with Gasteiger partial charge >= 0.3 is 7.60 Å². The van der Waals surface area contributed by atoms with E-state index in [9.17, 15) is 4.57 Å². The Morgan fingerprint density at radius 3 is 1.69 bits per heavy atom. The fraction of sp³-hybridized carbons (Fsp3) is 0.520. The molecule has 29 heavy (non-hydrogen) atoms. The van der Waals surface area contributed by atoms with Crippen LogP contribution in [0.2, 0.25) is 0 Å². The highest BCUT2D eigenvalue weighted by molar-refractivity contribution is 7.62. The Morgan fingerprint density at radius 1 is 0.793 bits per heavy atom. The Hall–Kier alpha value is -1.41. The van der Waals surface area contributed by atoms with Crippen molar-refractivity contribution in [2.75, 3.05) is 13.2 Å². The van der Waals surface area contributed by atoms with Gasteiger partial charge in [0.05, 0.1) is 18.5 Å². The number of hydrogen-bond donors (Lipinski definition) is 0. The third-order valence-electron chi connectivity index (χ3n) is 5.20. The van der Waals surface area contributed by atoms with Gasteiger partial charge in [-0.05, 0) is 65.5 Å². The molecule has 0 radical (unpaired) electrons. The summed E-state index contributed by atoms with van der Waals surface area (Å²) < 4.78 is 25.1. The minimum absolute atomic E-state index is 0.339. The van der Waals surface area contributed by atoms with Gasteiger partial charge in [-0.25, -0.2) is 0 Å². The average molecular weight is 417 g/mol. The van der Waals surface area contributed by atoms with Crippen LogP contribution in [-0.4, -0.2) is 13.2 Å². The Bertz CT molecular complexity index is 829. The van der Waals surface area contributed by atoms with Crippen LogP contribution in [0.1, 0.15) is 89.8 Å². The van der Waals surface area contributed by atoms with Gasteiger partial charge in [-0.15, -0.1) is 0 Å². The Balaban J connectivity index is 2.90. The van der Waals surface area contributed by atoms with Crippen LogP contribution in [-0.2, 0) is 13.6 Å². The Morgan fingerprint density at radius 2 is 1.28 bits per heavy atom. The predicted molar refractivity (Wildman–Crippen MR) is 125 cm³/mol. The van der Waals surface area contributed by atoms with Gasteiger partial charge in [0.1, 0.15) is 0 Å². The minimum atomic E-state index is -3.41. The second-order valence-electron chi connectivity index (χ2n) is 8.39. The van der Waals surface area contributed by atoms with E-state index in [0.717, 1.165) is 5.56 Å². The van der Waals surface area contributed by atoms with E-state index < -0.39 is 7.60 Å². The summed E-state index contributed by atoms with van der Waals surface area (Å²) in [5.74, 6) is 1.13. The van der Waals surface area contributed by atoms with E-state index in [4.69, 9.17) is 9.05 Å². The number of rotatable bonds is 9. The molecular formula is C25H37O3P. The molecule has 0 atom stereocenters. The van der Waals surface area contributed by atoms with Crippen molar-refractivity contribution in [2.45, 2.75) is 73.1 Å². The molecule has 2 rings (SSSR count). The summed E-state index contributed by atoms with van der Waals surface area (Å²) in [5.41, 5.74) is 6.05. The van der Waals surface area contributed by atoms with Crippen molar-refractivity contribution < 1.29 is 13.6 Å². The molecule has 4 heteroatoms. The van der Waals surface area contributed by atoms with Gasteiger partial charge < -0.3 is 9.05 Å². The lowest BCUT2D eigenvalue weighted by Gasteiger charge is -2.26. The maximum Gasteiger partial charge on any atom is 0.361 e. The highest BCUT2D eigenvalue weighted by Gasteiger charge is 2.31. The van der Waals surface area contributed by atoms with Gasteiger partial charge in [0.25, 0.3) is 0 Å². The predicted octanol–water partition coefficient (Wildman–Crippen LogP) is 7.62. The van der Waals surface area contributed by atoms with Gasteiger partial charge in [0.2, 0.25) is 0 Å². The molecule has 0 saturated carbocycles. The van der Waals surface area contributed by atoms with E-state index in [2.05, 4.69) is 59.7 Å². The summed E-state index contributed by atoms with van der Waals surface area (Å²) in [5, 5.41) is 0.657. The largest absolute Gasteiger partial charge is 0.361 e. The van der Waals surface area contributed by atoms with Gasteiger partial charge in [-0.2, -0.15) is 0 Å². The maximum atomic E-state index is 13.7. The summed E-state index contributed by atoms with van der Waals surface area (Å²) in [6.07, 6.45) is 0. The Kier molecular flexibility index (Phi) is 8.28. The summed E-state index contributed by atoms with van der Waals surface area (Å²) in [7, 11) is -3.41. The monoisotopic (exact) mass is 416 g/mol. The van der Waals surface area contributed by atoms with Crippen LogP contribution < -0.4 is 5.30 Å². The van der Waals surface area contributed by atoms with E-state index in [1.807, 2.05) is 32.0 Å². The first-order valence-electron chi connectivity index (χ1n) is 10.8. The van der Waals surface area contributed by atoms with Crippen molar-refractivity contribution in [1.29, 1.82) is 0 Å². The molecule has 160 valence electrons. The molecule has 0 spiro atoms. The van der Waals surface area contributed by atoms with Crippen molar-refractivity contribution in [1.82, 2.24) is 0 Å². The normalized spacial score (nSPS) is 12.4. The quantitative estimate of drug-likeness (QED) is 0.395. The van der Waals surface area contributed by atoms with Gasteiger partial charge in [0.15, 0.2) is 0 Å². The molecule has 0 unspecified atom stereocenters. The highest BCUT2D eigenvalue weighted by atomic mass is 31.2. The molecule has 0 aliphatic rings.